The molecule has 0 spiro atoms. The third-order valence-electron chi connectivity index (χ3n) is 1.38. The lowest BCUT2D eigenvalue weighted by Crippen LogP contribution is -2.06. The van der Waals surface area contributed by atoms with Crippen LogP contribution in [0.5, 0.6) is 0 Å². The van der Waals surface area contributed by atoms with Crippen molar-refractivity contribution in [2.24, 2.45) is 0 Å². The van der Waals surface area contributed by atoms with Crippen molar-refractivity contribution in [3.8, 4) is 0 Å². The van der Waals surface area contributed by atoms with Crippen LogP contribution in [0.25, 0.3) is 0 Å². The number of cyclic esters (lactones) is 2. The zero-order chi connectivity index (χ0) is 6.59. The van der Waals surface area contributed by atoms with E-state index >= 15 is 0 Å². The van der Waals surface area contributed by atoms with Crippen molar-refractivity contribution in [2.75, 3.05) is 0 Å². The fourth-order valence-electron chi connectivity index (χ4n) is 0.863. The molecule has 0 saturated heterocycles. The van der Waals surface area contributed by atoms with E-state index in [2.05, 4.69) is 11.3 Å². The molecule has 0 amide bonds. The van der Waals surface area contributed by atoms with Crippen LogP contribution in [0.2, 0.25) is 0 Å². The summed E-state index contributed by atoms with van der Waals surface area (Å²) < 4.78 is 4.18. The summed E-state index contributed by atoms with van der Waals surface area (Å²) >= 11 is 0. The van der Waals surface area contributed by atoms with Gasteiger partial charge in [-0.15, -0.1) is 0 Å². The van der Waals surface area contributed by atoms with E-state index in [4.69, 9.17) is 0 Å². The average molecular weight is 122 g/mol. The Balaban J connectivity index is 2.52. The van der Waals surface area contributed by atoms with E-state index in [-0.39, 0.29) is 0 Å². The Kier molecular flexibility index (Phi) is 0.488. The molecular weight excluding hydrogens is 120 g/mol. The van der Waals surface area contributed by atoms with E-state index in [1.165, 1.54) is 0 Å². The van der Waals surface area contributed by atoms with Crippen LogP contribution < -0.4 is 0 Å². The standard InChI is InChI=1S/C6H2O3/c1-2-3-4(2)6(8)9-5(3)7/h1H2. The zero-order valence-corrected chi connectivity index (χ0v) is 4.43. The van der Waals surface area contributed by atoms with Gasteiger partial charge in [-0.3, -0.25) is 0 Å². The fraction of sp³-hybridized carbons (Fsp3) is 0. The molecule has 0 radical (unpaired) electrons. The first kappa shape index (κ1) is 4.49. The Hall–Kier alpha value is -1.38. The molecule has 0 aromatic carbocycles. The highest BCUT2D eigenvalue weighted by atomic mass is 16.6. The van der Waals surface area contributed by atoms with Crippen LogP contribution in [0.1, 0.15) is 0 Å². The van der Waals surface area contributed by atoms with Crippen LogP contribution >= 0.6 is 0 Å². The molecule has 9 heavy (non-hydrogen) atoms. The lowest BCUT2D eigenvalue weighted by Gasteiger charge is -1.92. The van der Waals surface area contributed by atoms with Crippen molar-refractivity contribution < 1.29 is 14.3 Å². The largest absolute Gasteiger partial charge is 0.386 e. The van der Waals surface area contributed by atoms with E-state index in [1.54, 1.807) is 0 Å². The summed E-state index contributed by atoms with van der Waals surface area (Å²) in [6.45, 7) is 3.46. The highest BCUT2D eigenvalue weighted by Gasteiger charge is 2.48. The van der Waals surface area contributed by atoms with Crippen molar-refractivity contribution in [2.45, 2.75) is 0 Å². The lowest BCUT2D eigenvalue weighted by atomic mass is 10.4. The Bertz CT molecular complexity index is 257. The first-order valence-corrected chi connectivity index (χ1v) is 2.42. The van der Waals surface area contributed by atoms with E-state index in [1.807, 2.05) is 0 Å². The number of ether oxygens (including phenoxy) is 1. The molecule has 3 heteroatoms. The van der Waals surface area contributed by atoms with Crippen LogP contribution in [0.4, 0.5) is 0 Å². The second-order valence-corrected chi connectivity index (χ2v) is 1.91. The van der Waals surface area contributed by atoms with Gasteiger partial charge in [0.15, 0.2) is 0 Å². The molecule has 0 unspecified atom stereocenters. The molecule has 3 nitrogen and oxygen atoms in total. The number of carbonyl (C=O) groups excluding carboxylic acids is 2. The maximum atomic E-state index is 10.5. The summed E-state index contributed by atoms with van der Waals surface area (Å²) in [5, 5.41) is 0. The van der Waals surface area contributed by atoms with Crippen molar-refractivity contribution in [1.29, 1.82) is 0 Å². The van der Waals surface area contributed by atoms with E-state index < -0.39 is 11.9 Å². The Morgan fingerprint density at radius 2 is 1.56 bits per heavy atom. The first-order valence-electron chi connectivity index (χ1n) is 2.42. The minimum Gasteiger partial charge on any atom is -0.386 e. The van der Waals surface area contributed by atoms with Crippen molar-refractivity contribution >= 4 is 11.9 Å². The third-order valence-corrected chi connectivity index (χ3v) is 1.38. The molecular formula is C6H2O3. The minimum absolute atomic E-state index is 0.389. The van der Waals surface area contributed by atoms with Crippen molar-refractivity contribution in [3.63, 3.8) is 0 Å². The van der Waals surface area contributed by atoms with Crippen molar-refractivity contribution in [3.05, 3.63) is 23.3 Å². The zero-order valence-electron chi connectivity index (χ0n) is 4.43. The molecule has 0 atom stereocenters. The highest BCUT2D eigenvalue weighted by Crippen LogP contribution is 2.43. The van der Waals surface area contributed by atoms with Crippen LogP contribution in [0, 0.1) is 0 Å². The van der Waals surface area contributed by atoms with Crippen molar-refractivity contribution in [1.82, 2.24) is 0 Å². The summed E-state index contributed by atoms with van der Waals surface area (Å²) in [6.07, 6.45) is 0. The van der Waals surface area contributed by atoms with Gasteiger partial charge in [0.25, 0.3) is 0 Å². The topological polar surface area (TPSA) is 43.4 Å². The quantitative estimate of drug-likeness (QED) is 0.334. The number of hydrogen-bond donors (Lipinski definition) is 0. The predicted molar refractivity (Wildman–Crippen MR) is 27.3 cm³/mol. The average Bonchev–Trinajstić information content (AvgIpc) is 2.30. The van der Waals surface area contributed by atoms with Gasteiger partial charge in [-0.2, -0.15) is 0 Å². The number of carbonyl (C=O) groups is 2. The van der Waals surface area contributed by atoms with Gasteiger partial charge in [0.1, 0.15) is 0 Å². The Labute approximate surface area is 50.6 Å². The van der Waals surface area contributed by atoms with E-state index in [0.717, 1.165) is 0 Å². The fourth-order valence-corrected chi connectivity index (χ4v) is 0.863. The summed E-state index contributed by atoms with van der Waals surface area (Å²) in [6, 6.07) is 0. The van der Waals surface area contributed by atoms with Crippen LogP contribution in [0.3, 0.4) is 0 Å². The van der Waals surface area contributed by atoms with Gasteiger partial charge in [0.2, 0.25) is 0 Å². The number of rotatable bonds is 0. The number of esters is 2. The molecule has 1 aliphatic carbocycles. The molecule has 44 valence electrons. The molecule has 0 fully saturated rings. The second-order valence-electron chi connectivity index (χ2n) is 1.91. The van der Waals surface area contributed by atoms with Gasteiger partial charge in [0, 0.05) is 0 Å². The molecule has 0 bridgehead atoms. The maximum absolute atomic E-state index is 10.5. The predicted octanol–water partition coefficient (Wildman–Crippen LogP) is -0.0638. The summed E-state index contributed by atoms with van der Waals surface area (Å²) in [5.41, 5.74) is 1.33. The summed E-state index contributed by atoms with van der Waals surface area (Å²) in [5.74, 6) is -1.08. The van der Waals surface area contributed by atoms with Crippen LogP contribution in [-0.4, -0.2) is 11.9 Å². The Morgan fingerprint density at radius 3 is 1.78 bits per heavy atom. The molecule has 2 aliphatic rings. The first-order chi connectivity index (χ1) is 4.22. The molecule has 0 saturated carbocycles. The molecule has 1 heterocycles. The van der Waals surface area contributed by atoms with E-state index in [9.17, 15) is 9.59 Å². The van der Waals surface area contributed by atoms with Gasteiger partial charge in [-0.05, 0) is 5.57 Å². The van der Waals surface area contributed by atoms with Gasteiger partial charge < -0.3 is 4.74 Å². The van der Waals surface area contributed by atoms with Crippen LogP contribution in [-0.2, 0) is 14.3 Å². The van der Waals surface area contributed by atoms with Gasteiger partial charge >= 0.3 is 11.9 Å². The van der Waals surface area contributed by atoms with Gasteiger partial charge in [-0.1, -0.05) is 6.58 Å². The monoisotopic (exact) mass is 122 g/mol. The van der Waals surface area contributed by atoms with Gasteiger partial charge in [0.05, 0.1) is 11.1 Å². The highest BCUT2D eigenvalue weighted by molar-refractivity contribution is 6.27. The smallest absolute Gasteiger partial charge is 0.347 e. The minimum atomic E-state index is -0.542. The molecule has 0 aromatic heterocycles. The Morgan fingerprint density at radius 1 is 1.11 bits per heavy atom. The SMILES string of the molecule is C=C1C2=C1C(=O)OC2=O. The summed E-state index contributed by atoms with van der Waals surface area (Å²) in [4.78, 5) is 20.9. The van der Waals surface area contributed by atoms with Gasteiger partial charge in [-0.25, -0.2) is 9.59 Å². The molecule has 2 rings (SSSR count). The second kappa shape index (κ2) is 0.978. The third kappa shape index (κ3) is 0.332. The molecule has 1 aliphatic heterocycles. The normalized spacial score (nSPS) is 22.4. The maximum Gasteiger partial charge on any atom is 0.347 e. The lowest BCUT2D eigenvalue weighted by molar-refractivity contribution is -0.151. The van der Waals surface area contributed by atoms with E-state index in [0.29, 0.717) is 16.7 Å². The van der Waals surface area contributed by atoms with Crippen LogP contribution in [0.15, 0.2) is 23.3 Å². The number of hydrogen-bond acceptors (Lipinski definition) is 3. The summed E-state index contributed by atoms with van der Waals surface area (Å²) in [7, 11) is 0. The molecule has 0 N–H and O–H groups in total. The molecule has 0 aromatic rings.